The summed E-state index contributed by atoms with van der Waals surface area (Å²) in [6, 6.07) is 197. The van der Waals surface area contributed by atoms with Crippen LogP contribution in [0.25, 0.3) is 253 Å². The van der Waals surface area contributed by atoms with E-state index in [1.165, 1.54) is 253 Å². The van der Waals surface area contributed by atoms with Crippen LogP contribution in [-0.2, 0) is 0 Å². The highest BCUT2D eigenvalue weighted by Gasteiger charge is 2.34. The van der Waals surface area contributed by atoms with E-state index in [0.717, 1.165) is 17.1 Å². The van der Waals surface area contributed by atoms with Gasteiger partial charge in [0, 0.05) is 138 Å². The summed E-state index contributed by atoms with van der Waals surface area (Å²) in [4.78, 5) is 0. The Morgan fingerprint density at radius 1 is 0.109 bits per heavy atom. The van der Waals surface area contributed by atoms with Gasteiger partial charge in [0.25, 0.3) is 0 Å². The monoisotopic (exact) mass is 1870 g/mol. The van der Waals surface area contributed by atoms with Crippen molar-refractivity contribution in [1.82, 2.24) is 36.5 Å². The first-order valence-electron chi connectivity index (χ1n) is 50.7. The van der Waals surface area contributed by atoms with Gasteiger partial charge in [-0.25, -0.2) is 0 Å². The van der Waals surface area contributed by atoms with Crippen molar-refractivity contribution in [3.8, 4) is 78.9 Å². The van der Waals surface area contributed by atoms with Crippen LogP contribution in [0.2, 0.25) is 0 Å². The van der Waals surface area contributed by atoms with Crippen molar-refractivity contribution < 1.29 is 0 Å². The molecular formula is C139H90N8. The minimum absolute atomic E-state index is 0.121. The molecule has 0 radical (unpaired) electrons. The second-order valence-corrected chi connectivity index (χ2v) is 38.9. The molecule has 23 aromatic carbocycles. The van der Waals surface area contributed by atoms with Crippen molar-refractivity contribution in [2.75, 3.05) is 0 Å². The summed E-state index contributed by atoms with van der Waals surface area (Å²) in [6.07, 6.45) is 0. The molecule has 31 aromatic rings. The number of hydrogen-bond donors (Lipinski definition) is 0. The summed E-state index contributed by atoms with van der Waals surface area (Å²) in [5.74, 6) is 0.121. The summed E-state index contributed by atoms with van der Waals surface area (Å²) >= 11 is 0. The number of benzene rings is 23. The normalized spacial score (nSPS) is 12.6. The first-order valence-corrected chi connectivity index (χ1v) is 50.7. The largest absolute Gasteiger partial charge is 0.309 e. The molecule has 686 valence electrons. The van der Waals surface area contributed by atoms with E-state index in [2.05, 4.69) is 576 Å². The molecule has 0 N–H and O–H groups in total. The fourth-order valence-electron chi connectivity index (χ4n) is 24.7. The number of para-hydroxylation sites is 12. The third-order valence-corrected chi connectivity index (χ3v) is 31.0. The Hall–Kier alpha value is -19.5. The lowest BCUT2D eigenvalue weighted by molar-refractivity contribution is 1.02. The Balaban J connectivity index is 0.000000102. The van der Waals surface area contributed by atoms with E-state index in [1.54, 1.807) is 0 Å². The molecule has 1 unspecified atom stereocenters. The van der Waals surface area contributed by atoms with E-state index >= 15 is 0 Å². The molecule has 0 saturated carbocycles. The smallest absolute Gasteiger partial charge is 0.0562 e. The van der Waals surface area contributed by atoms with Crippen molar-refractivity contribution in [3.63, 3.8) is 0 Å². The van der Waals surface area contributed by atoms with Crippen molar-refractivity contribution in [1.29, 1.82) is 0 Å². The molecule has 8 aromatic heterocycles. The highest BCUT2D eigenvalue weighted by molar-refractivity contribution is 6.23. The molecule has 0 fully saturated rings. The Morgan fingerprint density at radius 3 is 0.728 bits per heavy atom. The standard InChI is InChI=1S/C49H32N2.C48H31N3.C42H27N3/c1-3-14-32(15-4-1)33-16-13-19-36(28-33)51-46-25-12-9-21-38(46)42-29-34(26-27-47(42)51)49-40-23-8-7-20-37(40)41-30-43-39-22-10-11-24-45(39)50(48(43)31-44(41)49)35-17-5-2-6-18-35;1-3-13-32(14-4-1)33-23-25-35(26-24-33)50-44-21-11-8-18-38(44)41-30-42-39-19-9-12-22-45(39)51(48(42)31-47(41)50)36-27-28-46-40(29-36)37-17-7-10-20-43(37)49(46)34-15-5-2-6-16-34;1-3-13-28(14-4-1)43-37-20-10-7-17-31(37)34-25-30(23-24-40(34)43)45-39-22-12-9-19-33(39)36-26-35-32-18-8-11-21-38(32)44(41(35)27-42(36)45)29-15-5-2-6-16-29/h1-31,49H;1-31H;1-27H. The SMILES string of the molecule is c1ccc(-c2ccc(-n3c4ccccc4c4cc5c6ccccc6n(-c6ccc7c(c6)c6ccccc6n7-c6ccccc6)c5cc43)cc2)cc1.c1ccc(-c2cccc(-n3c4ccccc4c4cc(C5c6ccccc6-c6cc7c8ccccc8n(-c8ccccc8)c7cc65)ccc43)c2)cc1.c1ccc(-n2c3ccccc3c3cc(-n4c5ccccc5c5cc6c7ccccc7n(-c7ccccc7)c6cc54)ccc32)cc1. The predicted octanol–water partition coefficient (Wildman–Crippen LogP) is 36.3. The molecule has 1 atom stereocenters. The van der Waals surface area contributed by atoms with Crippen molar-refractivity contribution in [3.05, 3.63) is 557 Å². The highest BCUT2D eigenvalue weighted by atomic mass is 15.0. The number of hydrogen-bond acceptors (Lipinski definition) is 0. The third kappa shape index (κ3) is 13.1. The van der Waals surface area contributed by atoms with Crippen LogP contribution in [0.1, 0.15) is 22.6 Å². The zero-order valence-corrected chi connectivity index (χ0v) is 80.0. The van der Waals surface area contributed by atoms with E-state index in [9.17, 15) is 0 Å². The molecule has 8 heteroatoms. The zero-order chi connectivity index (χ0) is 96.4. The van der Waals surface area contributed by atoms with E-state index in [4.69, 9.17) is 0 Å². The first-order chi connectivity index (χ1) is 73.0. The summed E-state index contributed by atoms with van der Waals surface area (Å²) in [5, 5.41) is 20.2. The van der Waals surface area contributed by atoms with Gasteiger partial charge in [0.15, 0.2) is 0 Å². The third-order valence-electron chi connectivity index (χ3n) is 31.0. The summed E-state index contributed by atoms with van der Waals surface area (Å²) < 4.78 is 19.4. The van der Waals surface area contributed by atoms with E-state index < -0.39 is 0 Å². The Kier molecular flexibility index (Phi) is 19.0. The molecule has 1 aliphatic rings. The second kappa shape index (κ2) is 33.6. The number of nitrogens with zero attached hydrogens (tertiary/aromatic N) is 8. The maximum absolute atomic E-state index is 2.48. The van der Waals surface area contributed by atoms with Gasteiger partial charge < -0.3 is 36.5 Å². The number of rotatable bonds is 11. The topological polar surface area (TPSA) is 39.4 Å². The van der Waals surface area contributed by atoms with Crippen LogP contribution >= 0.6 is 0 Å². The van der Waals surface area contributed by atoms with Gasteiger partial charge in [-0.15, -0.1) is 0 Å². The van der Waals surface area contributed by atoms with Crippen LogP contribution in [0.4, 0.5) is 0 Å². The molecule has 0 bridgehead atoms. The lowest BCUT2D eigenvalue weighted by atomic mass is 9.88. The van der Waals surface area contributed by atoms with Gasteiger partial charge in [-0.05, 0) is 256 Å². The van der Waals surface area contributed by atoms with Crippen molar-refractivity contribution in [2.24, 2.45) is 0 Å². The van der Waals surface area contributed by atoms with Crippen LogP contribution in [-0.4, -0.2) is 36.5 Å². The molecule has 0 spiro atoms. The minimum atomic E-state index is 0.121. The fraction of sp³-hybridized carbons (Fsp3) is 0.00719. The molecule has 1 aliphatic carbocycles. The quantitative estimate of drug-likeness (QED) is 0.124. The lowest BCUT2D eigenvalue weighted by Crippen LogP contribution is -2.00. The molecule has 8 nitrogen and oxygen atoms in total. The highest BCUT2D eigenvalue weighted by Crippen LogP contribution is 2.53. The van der Waals surface area contributed by atoms with Crippen LogP contribution < -0.4 is 0 Å². The average Bonchev–Trinajstić information content (AvgIpc) is 1.56. The van der Waals surface area contributed by atoms with Crippen LogP contribution in [0.15, 0.2) is 540 Å². The molecule has 0 amide bonds. The summed E-state index contributed by atoms with van der Waals surface area (Å²) in [7, 11) is 0. The molecule has 8 heterocycles. The van der Waals surface area contributed by atoms with Crippen molar-refractivity contribution >= 4 is 174 Å². The fourth-order valence-corrected chi connectivity index (χ4v) is 24.7. The van der Waals surface area contributed by atoms with Gasteiger partial charge in [-0.1, -0.05) is 334 Å². The maximum atomic E-state index is 2.48. The summed E-state index contributed by atoms with van der Waals surface area (Å²) in [5.41, 5.74) is 40.3. The van der Waals surface area contributed by atoms with E-state index in [-0.39, 0.29) is 5.92 Å². The minimum Gasteiger partial charge on any atom is -0.309 e. The number of fused-ring (bicyclic) bond motifs is 27. The van der Waals surface area contributed by atoms with Crippen LogP contribution in [0.5, 0.6) is 0 Å². The van der Waals surface area contributed by atoms with E-state index in [0.29, 0.717) is 0 Å². The van der Waals surface area contributed by atoms with Gasteiger partial charge >= 0.3 is 0 Å². The lowest BCUT2D eigenvalue weighted by Gasteiger charge is -2.16. The van der Waals surface area contributed by atoms with Gasteiger partial charge in [-0.3, -0.25) is 0 Å². The predicted molar refractivity (Wildman–Crippen MR) is 618 cm³/mol. The average molecular weight is 1870 g/mol. The van der Waals surface area contributed by atoms with Gasteiger partial charge in [-0.2, -0.15) is 0 Å². The van der Waals surface area contributed by atoms with Crippen molar-refractivity contribution in [2.45, 2.75) is 5.92 Å². The van der Waals surface area contributed by atoms with E-state index in [1.807, 2.05) is 0 Å². The molecule has 32 rings (SSSR count). The molecule has 0 aliphatic heterocycles. The molecule has 147 heavy (non-hydrogen) atoms. The molecule has 0 saturated heterocycles. The van der Waals surface area contributed by atoms with Crippen LogP contribution in [0.3, 0.4) is 0 Å². The number of aromatic nitrogens is 8. The Labute approximate surface area is 846 Å². The van der Waals surface area contributed by atoms with Gasteiger partial charge in [0.2, 0.25) is 0 Å². The molecular weight excluding hydrogens is 1780 g/mol. The van der Waals surface area contributed by atoms with Crippen LogP contribution in [0, 0.1) is 0 Å². The Bertz CT molecular complexity index is 10700. The Morgan fingerprint density at radius 2 is 0.347 bits per heavy atom. The first kappa shape index (κ1) is 83.3. The summed E-state index contributed by atoms with van der Waals surface area (Å²) in [6.45, 7) is 0. The zero-order valence-electron chi connectivity index (χ0n) is 80.0. The van der Waals surface area contributed by atoms with Gasteiger partial charge in [0.1, 0.15) is 0 Å². The second-order valence-electron chi connectivity index (χ2n) is 38.9. The maximum Gasteiger partial charge on any atom is 0.0562 e. The van der Waals surface area contributed by atoms with Gasteiger partial charge in [0.05, 0.1) is 88.3 Å².